The van der Waals surface area contributed by atoms with Gasteiger partial charge in [0.25, 0.3) is 5.91 Å². The Kier molecular flexibility index (Phi) is 8.21. The predicted molar refractivity (Wildman–Crippen MR) is 151 cm³/mol. The second kappa shape index (κ2) is 11.9. The number of carbonyl (C=O) groups is 1. The van der Waals surface area contributed by atoms with Gasteiger partial charge in [-0.3, -0.25) is 9.36 Å². The van der Waals surface area contributed by atoms with Gasteiger partial charge in [0.1, 0.15) is 10.7 Å². The van der Waals surface area contributed by atoms with Gasteiger partial charge in [0.2, 0.25) is 0 Å². The maximum atomic E-state index is 12.6. The van der Waals surface area contributed by atoms with E-state index in [1.165, 1.54) is 28.7 Å². The molecule has 0 spiro atoms. The van der Waals surface area contributed by atoms with Crippen LogP contribution in [0, 0.1) is 0 Å². The highest BCUT2D eigenvalue weighted by Gasteiger charge is 2.19. The molecule has 186 valence electrons. The molecule has 1 amide bonds. The molecular formula is C27H21Cl2N5OS2. The number of hydrogen-bond acceptors (Lipinski definition) is 6. The van der Waals surface area contributed by atoms with Gasteiger partial charge in [-0.25, -0.2) is 4.98 Å². The molecule has 0 radical (unpaired) electrons. The Bertz CT molecular complexity index is 1520. The van der Waals surface area contributed by atoms with Gasteiger partial charge >= 0.3 is 0 Å². The second-order valence-electron chi connectivity index (χ2n) is 8.01. The number of thioether (sulfide) groups is 1. The van der Waals surface area contributed by atoms with Crippen LogP contribution >= 0.6 is 46.3 Å². The molecule has 2 aromatic heterocycles. The third-order valence-corrected chi connectivity index (χ3v) is 8.00. The first-order chi connectivity index (χ1) is 18.1. The number of nitrogens with zero attached hydrogens (tertiary/aromatic N) is 4. The number of halogens is 2. The van der Waals surface area contributed by atoms with Gasteiger partial charge in [-0.2, -0.15) is 0 Å². The van der Waals surface area contributed by atoms with Crippen LogP contribution in [0.1, 0.15) is 21.1 Å². The van der Waals surface area contributed by atoms with Gasteiger partial charge in [-0.15, -0.1) is 21.5 Å². The van der Waals surface area contributed by atoms with Crippen LogP contribution in [-0.2, 0) is 12.2 Å². The lowest BCUT2D eigenvalue weighted by atomic mass is 10.1. The van der Waals surface area contributed by atoms with Crippen molar-refractivity contribution in [3.05, 3.63) is 111 Å². The molecule has 0 aliphatic heterocycles. The molecule has 5 rings (SSSR count). The third kappa shape index (κ3) is 6.22. The lowest BCUT2D eigenvalue weighted by Crippen LogP contribution is -2.26. The summed E-state index contributed by atoms with van der Waals surface area (Å²) in [5.74, 6) is 0.975. The van der Waals surface area contributed by atoms with Crippen molar-refractivity contribution in [2.45, 2.75) is 17.3 Å². The molecule has 5 aromatic rings. The van der Waals surface area contributed by atoms with E-state index in [1.54, 1.807) is 5.38 Å². The topological polar surface area (TPSA) is 72.7 Å². The molecule has 0 atom stereocenters. The van der Waals surface area contributed by atoms with E-state index < -0.39 is 0 Å². The highest BCUT2D eigenvalue weighted by Crippen LogP contribution is 2.33. The molecule has 37 heavy (non-hydrogen) atoms. The van der Waals surface area contributed by atoms with Gasteiger partial charge in [-0.05, 0) is 42.3 Å². The lowest BCUT2D eigenvalue weighted by molar-refractivity contribution is 0.0949. The summed E-state index contributed by atoms with van der Waals surface area (Å²) in [6.45, 7) is 0.554. The maximum Gasteiger partial charge on any atom is 0.270 e. The third-order valence-electron chi connectivity index (χ3n) is 5.47. The summed E-state index contributed by atoms with van der Waals surface area (Å²) in [6.07, 6.45) is 0.770. The minimum Gasteiger partial charge on any atom is -0.350 e. The van der Waals surface area contributed by atoms with Gasteiger partial charge < -0.3 is 5.32 Å². The predicted octanol–water partition coefficient (Wildman–Crippen LogP) is 6.96. The quantitative estimate of drug-likeness (QED) is 0.195. The van der Waals surface area contributed by atoms with Crippen molar-refractivity contribution in [3.8, 4) is 17.1 Å². The number of hydrogen-bond donors (Lipinski definition) is 1. The zero-order chi connectivity index (χ0) is 25.6. The molecule has 0 unspecified atom stereocenters. The summed E-state index contributed by atoms with van der Waals surface area (Å²) < 4.78 is 1.93. The molecular weight excluding hydrogens is 545 g/mol. The molecule has 0 saturated carbocycles. The second-order valence-corrected chi connectivity index (χ2v) is 10.7. The number of thiazole rings is 1. The molecule has 0 saturated heterocycles. The van der Waals surface area contributed by atoms with E-state index in [-0.39, 0.29) is 5.91 Å². The van der Waals surface area contributed by atoms with Crippen molar-refractivity contribution < 1.29 is 4.79 Å². The van der Waals surface area contributed by atoms with Crippen molar-refractivity contribution in [2.24, 2.45) is 0 Å². The van der Waals surface area contributed by atoms with E-state index in [2.05, 4.69) is 20.5 Å². The van der Waals surface area contributed by atoms with Crippen LogP contribution in [0.25, 0.3) is 17.1 Å². The molecule has 3 aromatic carbocycles. The average Bonchev–Trinajstić information content (AvgIpc) is 3.56. The van der Waals surface area contributed by atoms with Gasteiger partial charge in [0.15, 0.2) is 11.0 Å². The fourth-order valence-corrected chi connectivity index (χ4v) is 5.84. The normalized spacial score (nSPS) is 11.0. The Morgan fingerprint density at radius 3 is 2.59 bits per heavy atom. The van der Waals surface area contributed by atoms with Crippen molar-refractivity contribution in [2.75, 3.05) is 6.54 Å². The van der Waals surface area contributed by atoms with E-state index >= 15 is 0 Å². The van der Waals surface area contributed by atoms with Crippen LogP contribution < -0.4 is 5.32 Å². The van der Waals surface area contributed by atoms with Gasteiger partial charge in [0.05, 0.1) is 16.5 Å². The number of rotatable bonds is 9. The number of benzene rings is 3. The van der Waals surface area contributed by atoms with Crippen LogP contribution in [0.4, 0.5) is 0 Å². The molecule has 0 aliphatic carbocycles. The van der Waals surface area contributed by atoms with Crippen molar-refractivity contribution in [1.29, 1.82) is 0 Å². The average molecular weight is 567 g/mol. The van der Waals surface area contributed by atoms with Crippen molar-refractivity contribution >= 4 is 52.2 Å². The summed E-state index contributed by atoms with van der Waals surface area (Å²) in [6, 6.07) is 25.1. The highest BCUT2D eigenvalue weighted by atomic mass is 35.5. The first-order valence-corrected chi connectivity index (χ1v) is 14.1. The number of nitrogens with one attached hydrogen (secondary N) is 1. The summed E-state index contributed by atoms with van der Waals surface area (Å²) in [4.78, 5) is 17.1. The van der Waals surface area contributed by atoms with Crippen molar-refractivity contribution in [1.82, 2.24) is 25.1 Å². The molecule has 0 aliphatic rings. The molecule has 1 N–H and O–H groups in total. The summed E-state index contributed by atoms with van der Waals surface area (Å²) >= 11 is 15.7. The summed E-state index contributed by atoms with van der Waals surface area (Å²) in [7, 11) is 0. The monoisotopic (exact) mass is 565 g/mol. The van der Waals surface area contributed by atoms with Crippen molar-refractivity contribution in [3.63, 3.8) is 0 Å². The van der Waals surface area contributed by atoms with Crippen LogP contribution in [0.3, 0.4) is 0 Å². The molecule has 0 bridgehead atoms. The van der Waals surface area contributed by atoms with E-state index in [0.29, 0.717) is 39.0 Å². The minimum atomic E-state index is -0.175. The fourth-order valence-electron chi connectivity index (χ4n) is 3.69. The zero-order valence-electron chi connectivity index (χ0n) is 19.5. The van der Waals surface area contributed by atoms with E-state index in [0.717, 1.165) is 22.7 Å². The molecule has 2 heterocycles. The molecule has 10 heteroatoms. The number of carbonyl (C=O) groups excluding carboxylic acids is 1. The zero-order valence-corrected chi connectivity index (χ0v) is 22.6. The first kappa shape index (κ1) is 25.5. The number of aromatic nitrogens is 4. The van der Waals surface area contributed by atoms with Gasteiger partial charge in [0, 0.05) is 22.5 Å². The molecule has 0 fully saturated rings. The minimum absolute atomic E-state index is 0.175. The largest absolute Gasteiger partial charge is 0.350 e. The van der Waals surface area contributed by atoms with Crippen LogP contribution in [0.5, 0.6) is 0 Å². The smallest absolute Gasteiger partial charge is 0.270 e. The summed E-state index contributed by atoms with van der Waals surface area (Å²) in [5, 5.41) is 16.3. The van der Waals surface area contributed by atoms with Crippen LogP contribution in [0.15, 0.2) is 89.4 Å². The van der Waals surface area contributed by atoms with E-state index in [4.69, 9.17) is 23.2 Å². The Morgan fingerprint density at radius 1 is 0.973 bits per heavy atom. The SMILES string of the molecule is O=C(NCCc1ccccc1)c1csc(CSc2nnc(-c3ccccc3Cl)n2-c2cccc(Cl)c2)n1. The van der Waals surface area contributed by atoms with E-state index in [9.17, 15) is 4.79 Å². The highest BCUT2D eigenvalue weighted by molar-refractivity contribution is 7.98. The molecule has 6 nitrogen and oxygen atoms in total. The summed E-state index contributed by atoms with van der Waals surface area (Å²) in [5.41, 5.74) is 3.19. The fraction of sp³-hybridized carbons (Fsp3) is 0.111. The Hall–Kier alpha value is -3.17. The Labute approximate surface area is 232 Å². The maximum absolute atomic E-state index is 12.6. The van der Waals surface area contributed by atoms with Gasteiger partial charge in [-0.1, -0.05) is 83.5 Å². The Morgan fingerprint density at radius 2 is 1.78 bits per heavy atom. The standard InChI is InChI=1S/C27H21Cl2N5OS2/c28-19-9-6-10-20(15-19)34-25(21-11-4-5-12-22(21)29)32-33-27(34)37-17-24-31-23(16-36-24)26(35)30-14-13-18-7-2-1-3-8-18/h1-12,15-16H,13-14,17H2,(H,30,35). The lowest BCUT2D eigenvalue weighted by Gasteiger charge is -2.11. The number of amides is 1. The Balaban J connectivity index is 1.30. The van der Waals surface area contributed by atoms with Crippen LogP contribution in [0.2, 0.25) is 10.0 Å². The van der Waals surface area contributed by atoms with Crippen LogP contribution in [-0.4, -0.2) is 32.2 Å². The van der Waals surface area contributed by atoms with E-state index in [1.807, 2.05) is 83.4 Å². The first-order valence-electron chi connectivity index (χ1n) is 11.4.